The van der Waals surface area contributed by atoms with Crippen LogP contribution >= 0.6 is 46.4 Å². The van der Waals surface area contributed by atoms with E-state index in [-0.39, 0.29) is 76.6 Å². The highest BCUT2D eigenvalue weighted by Crippen LogP contribution is 2.46. The van der Waals surface area contributed by atoms with E-state index in [1.54, 1.807) is 37.4 Å². The van der Waals surface area contributed by atoms with E-state index in [0.717, 1.165) is 76.8 Å². The number of nitrogens with zero attached hydrogens (tertiary/aromatic N) is 12. The van der Waals surface area contributed by atoms with Gasteiger partial charge in [-0.15, -0.1) is 0 Å². The molecule has 2 aliphatic rings. The molecule has 0 spiro atoms. The Morgan fingerprint density at radius 2 is 1.05 bits per heavy atom. The zero-order valence-electron chi connectivity index (χ0n) is 46.0. The van der Waals surface area contributed by atoms with Gasteiger partial charge in [0.2, 0.25) is 6.08 Å². The number of methoxy groups -OCH3 is 4. The molecule has 2 fully saturated rings. The predicted octanol–water partition coefficient (Wildman–Crippen LogP) is 10.6. The number of carbonyl (C=O) groups excluding carboxylic acids is 2. The van der Waals surface area contributed by atoms with Crippen LogP contribution in [0.5, 0.6) is 23.0 Å². The SMILES string of the molecule is CCN1CCN(c2ccc(Nc3cc(N(C)C(=O)Nc4c(Cl)c(OC)cc(OC)c4Cl)ncn3)c([N+](=O)[O-])c2)CC1.CCN1CCN(c2ccc(Nc3cc(NC)ncn3)c([N+](=O)[O-])c2)CC1.COc1cc(OC)c(Cl)c(N=C=O)c1Cl. The maximum absolute atomic E-state index is 13.1. The van der Waals surface area contributed by atoms with Gasteiger partial charge in [-0.05, 0) is 37.4 Å². The van der Waals surface area contributed by atoms with E-state index >= 15 is 0 Å². The van der Waals surface area contributed by atoms with Crippen molar-refractivity contribution < 1.29 is 38.4 Å². The molecule has 0 unspecified atom stereocenters. The van der Waals surface area contributed by atoms with Crippen LogP contribution in [-0.2, 0) is 4.79 Å². The summed E-state index contributed by atoms with van der Waals surface area (Å²) in [5, 5.41) is 35.5. The molecule has 4 aromatic carbocycles. The Bertz CT molecular complexity index is 3220. The fourth-order valence-corrected chi connectivity index (χ4v) is 9.52. The Morgan fingerprint density at radius 1 is 0.634 bits per heavy atom. The Labute approximate surface area is 492 Å². The molecule has 26 nitrogen and oxygen atoms in total. The number of aliphatic imine (C=N–C) groups is 1. The number of ether oxygens (including phenoxy) is 4. The molecule has 4 heterocycles. The van der Waals surface area contributed by atoms with Crippen molar-refractivity contribution in [2.45, 2.75) is 13.8 Å². The number of hydrogen-bond donors (Lipinski definition) is 4. The first kappa shape index (κ1) is 63.0. The highest BCUT2D eigenvalue weighted by molar-refractivity contribution is 6.42. The summed E-state index contributed by atoms with van der Waals surface area (Å²) < 4.78 is 20.4. The zero-order chi connectivity index (χ0) is 59.6. The molecule has 82 heavy (non-hydrogen) atoms. The lowest BCUT2D eigenvalue weighted by molar-refractivity contribution is -0.384. The smallest absolute Gasteiger partial charge is 0.327 e. The van der Waals surface area contributed by atoms with Crippen LogP contribution in [0.25, 0.3) is 0 Å². The molecule has 0 atom stereocenters. The Hall–Kier alpha value is -8.23. The number of anilines is 9. The number of halogens is 4. The average molecular weight is 1210 g/mol. The van der Waals surface area contributed by atoms with Gasteiger partial charge in [-0.25, -0.2) is 29.5 Å². The van der Waals surface area contributed by atoms with Crippen molar-refractivity contribution in [2.24, 2.45) is 4.99 Å². The van der Waals surface area contributed by atoms with E-state index in [1.165, 1.54) is 77.3 Å². The van der Waals surface area contributed by atoms with Crippen molar-refractivity contribution in [1.82, 2.24) is 29.7 Å². The first-order valence-electron chi connectivity index (χ1n) is 25.1. The number of nitro groups is 2. The molecule has 0 saturated carbocycles. The lowest BCUT2D eigenvalue weighted by Gasteiger charge is -2.35. The Balaban J connectivity index is 0.000000223. The first-order chi connectivity index (χ1) is 39.4. The van der Waals surface area contributed by atoms with Gasteiger partial charge in [0, 0.05) is 114 Å². The maximum atomic E-state index is 13.1. The molecule has 0 bridgehead atoms. The second kappa shape index (κ2) is 30.0. The van der Waals surface area contributed by atoms with Crippen molar-refractivity contribution in [3.05, 3.63) is 114 Å². The summed E-state index contributed by atoms with van der Waals surface area (Å²) in [7, 11) is 8.95. The van der Waals surface area contributed by atoms with Gasteiger partial charge >= 0.3 is 6.03 Å². The normalized spacial score (nSPS) is 13.2. The third-order valence-corrected chi connectivity index (χ3v) is 14.5. The minimum atomic E-state index is -0.618. The number of piperazine rings is 2. The summed E-state index contributed by atoms with van der Waals surface area (Å²) in [6.07, 6.45) is 4.01. The largest absolute Gasteiger partial charge is 0.495 e. The predicted molar refractivity (Wildman–Crippen MR) is 319 cm³/mol. The fourth-order valence-electron chi connectivity index (χ4n) is 8.34. The molecule has 2 saturated heterocycles. The lowest BCUT2D eigenvalue weighted by atomic mass is 10.2. The Kier molecular flexibility index (Phi) is 23.0. The number of urea groups is 1. The topological polar surface area (TPSA) is 286 Å². The van der Waals surface area contributed by atoms with Gasteiger partial charge in [0.05, 0.1) is 44.0 Å². The van der Waals surface area contributed by atoms with Gasteiger partial charge in [-0.3, -0.25) is 25.1 Å². The number of aromatic nitrogens is 4. The van der Waals surface area contributed by atoms with E-state index in [9.17, 15) is 29.8 Å². The number of benzene rings is 4. The van der Waals surface area contributed by atoms with Crippen LogP contribution in [0.15, 0.2) is 78.3 Å². The second-order valence-electron chi connectivity index (χ2n) is 17.5. The van der Waals surface area contributed by atoms with Gasteiger partial charge in [0.1, 0.15) is 96.1 Å². The second-order valence-corrected chi connectivity index (χ2v) is 19.1. The van der Waals surface area contributed by atoms with Gasteiger partial charge in [-0.1, -0.05) is 60.3 Å². The van der Waals surface area contributed by atoms with Crippen LogP contribution in [0.2, 0.25) is 20.1 Å². The molecule has 436 valence electrons. The molecule has 6 aromatic rings. The summed E-state index contributed by atoms with van der Waals surface area (Å²) in [6.45, 7) is 13.3. The molecule has 8 rings (SSSR count). The van der Waals surface area contributed by atoms with Gasteiger partial charge in [0.25, 0.3) is 11.4 Å². The summed E-state index contributed by atoms with van der Waals surface area (Å²) in [4.78, 5) is 76.1. The van der Waals surface area contributed by atoms with Crippen LogP contribution in [0, 0.1) is 20.2 Å². The first-order valence-corrected chi connectivity index (χ1v) is 26.6. The third-order valence-electron chi connectivity index (χ3n) is 13.0. The molecule has 2 aromatic heterocycles. The van der Waals surface area contributed by atoms with Crippen molar-refractivity contribution >= 4 is 127 Å². The van der Waals surface area contributed by atoms with E-state index < -0.39 is 11.0 Å². The van der Waals surface area contributed by atoms with Crippen LogP contribution in [-0.4, -0.2) is 160 Å². The van der Waals surface area contributed by atoms with Crippen molar-refractivity contribution in [2.75, 3.05) is 144 Å². The molecule has 2 amide bonds. The Morgan fingerprint density at radius 3 is 1.45 bits per heavy atom. The number of isocyanates is 1. The van der Waals surface area contributed by atoms with Gasteiger partial charge in [-0.2, -0.15) is 4.99 Å². The van der Waals surface area contributed by atoms with E-state index in [1.807, 2.05) is 12.1 Å². The summed E-state index contributed by atoms with van der Waals surface area (Å²) >= 11 is 24.5. The van der Waals surface area contributed by atoms with Crippen molar-refractivity contribution in [1.29, 1.82) is 0 Å². The van der Waals surface area contributed by atoms with Crippen LogP contribution in [0.1, 0.15) is 13.8 Å². The number of rotatable bonds is 18. The number of carbonyl (C=O) groups is 1. The average Bonchev–Trinajstić information content (AvgIpc) is 3.69. The summed E-state index contributed by atoms with van der Waals surface area (Å²) in [5.74, 6) is 2.76. The molecule has 0 aliphatic carbocycles. The minimum Gasteiger partial charge on any atom is -0.495 e. The standard InChI is InChI=1S/C26H30Cl2N8O5.C17H23N7O2.C9H7Cl2NO3/c1-5-34-8-10-35(11-9-34)16-6-7-17(18(12-16)36(38)39)31-21-14-22(30-15-29-21)33(2)26(37)32-25-23(27)19(40-3)13-20(41-4)24(25)28;1-3-22-6-8-23(9-7-22)13-4-5-14(15(10-13)24(25)26)21-17-11-16(18-2)19-12-20-17;1-14-5-3-6(15-2)8(11)9(7(5)10)12-4-13/h6-7,12-15H,5,8-11H2,1-4H3,(H,32,37)(H,29,30,31);4-5,10-12H,3,6-9H2,1-2H3,(H2,18,19,20,21);3H,1-2H3. The van der Waals surface area contributed by atoms with Crippen LogP contribution in [0.4, 0.5) is 73.6 Å². The number of nitrogens with one attached hydrogen (secondary N) is 4. The van der Waals surface area contributed by atoms with E-state index in [0.29, 0.717) is 28.8 Å². The van der Waals surface area contributed by atoms with Crippen LogP contribution in [0.3, 0.4) is 0 Å². The highest BCUT2D eigenvalue weighted by atomic mass is 35.5. The summed E-state index contributed by atoms with van der Waals surface area (Å²) in [6, 6.07) is 15.9. The molecule has 30 heteroatoms. The van der Waals surface area contributed by atoms with E-state index in [2.05, 4.69) is 79.6 Å². The van der Waals surface area contributed by atoms with Gasteiger partial charge < -0.3 is 59.8 Å². The molecular formula is C52H60Cl4N16O10. The number of amides is 2. The zero-order valence-corrected chi connectivity index (χ0v) is 49.0. The molecule has 2 aliphatic heterocycles. The van der Waals surface area contributed by atoms with Crippen molar-refractivity contribution in [3.63, 3.8) is 0 Å². The number of hydrogen-bond acceptors (Lipinski definition) is 22. The minimum absolute atomic E-state index is 0.0324. The highest BCUT2D eigenvalue weighted by Gasteiger charge is 2.26. The number of nitro benzene ring substituents is 2. The fraction of sp³-hybridized carbons (Fsp3) is 0.346. The summed E-state index contributed by atoms with van der Waals surface area (Å²) in [5.41, 5.74) is 2.44. The molecular weight excluding hydrogens is 1150 g/mol. The maximum Gasteiger partial charge on any atom is 0.327 e. The quantitative estimate of drug-likeness (QED) is 0.0269. The molecule has 0 radical (unpaired) electrons. The van der Waals surface area contributed by atoms with Crippen LogP contribution < -0.4 is 54.9 Å². The van der Waals surface area contributed by atoms with E-state index in [4.69, 9.17) is 65.4 Å². The lowest BCUT2D eigenvalue weighted by Crippen LogP contribution is -2.46. The number of likely N-dealkylation sites (N-methyl/N-ethyl adjacent to an activating group) is 2. The monoisotopic (exact) mass is 1210 g/mol. The van der Waals surface area contributed by atoms with Crippen molar-refractivity contribution in [3.8, 4) is 23.0 Å². The molecule has 4 N–H and O–H groups in total. The third kappa shape index (κ3) is 15.8. The van der Waals surface area contributed by atoms with Gasteiger partial charge in [0.15, 0.2) is 0 Å².